The van der Waals surface area contributed by atoms with E-state index in [0.717, 1.165) is 26.7 Å². The first-order valence-electron chi connectivity index (χ1n) is 9.31. The molecule has 0 bridgehead atoms. The van der Waals surface area contributed by atoms with E-state index in [-0.39, 0.29) is 5.69 Å². The highest BCUT2D eigenvalue weighted by molar-refractivity contribution is 7.99. The predicted molar refractivity (Wildman–Crippen MR) is 118 cm³/mol. The lowest BCUT2D eigenvalue weighted by molar-refractivity contribution is -0.384. The Morgan fingerprint density at radius 2 is 1.94 bits per heavy atom. The smallest absolute Gasteiger partial charge is 0.270 e. The number of nitrogens with one attached hydrogen (secondary N) is 1. The van der Waals surface area contributed by atoms with Gasteiger partial charge in [0, 0.05) is 39.2 Å². The lowest BCUT2D eigenvalue weighted by Gasteiger charge is -2.11. The van der Waals surface area contributed by atoms with Crippen LogP contribution >= 0.6 is 11.8 Å². The highest BCUT2D eigenvalue weighted by Crippen LogP contribution is 2.33. The van der Waals surface area contributed by atoms with E-state index >= 15 is 0 Å². The minimum Gasteiger partial charge on any atom is -0.340 e. The second-order valence-electron chi connectivity index (χ2n) is 6.81. The molecule has 1 N–H and O–H groups in total. The van der Waals surface area contributed by atoms with E-state index in [9.17, 15) is 10.1 Å². The summed E-state index contributed by atoms with van der Waals surface area (Å²) in [6.45, 7) is 2.03. The standard InChI is InChI=1S/C21H15N7O2S/c1-13-8-14(2-5-19(13)31-16-6-7-27-20(10-16)23-12-25-27)26-21-17-9-15(28(29)30)3-4-18(17)22-11-24-21/h2-12H,1H3,(H,22,24,26). The third-order valence-electron chi connectivity index (χ3n) is 4.75. The molecule has 152 valence electrons. The first kappa shape index (κ1) is 18.9. The number of aromatic nitrogens is 5. The van der Waals surface area contributed by atoms with Gasteiger partial charge in [0.05, 0.1) is 10.4 Å². The van der Waals surface area contributed by atoms with Gasteiger partial charge in [0.25, 0.3) is 5.69 Å². The molecule has 0 aliphatic carbocycles. The van der Waals surface area contributed by atoms with E-state index in [4.69, 9.17) is 0 Å². The number of fused-ring (bicyclic) bond motifs is 2. The fourth-order valence-electron chi connectivity index (χ4n) is 3.22. The van der Waals surface area contributed by atoms with Crippen molar-refractivity contribution in [2.24, 2.45) is 0 Å². The van der Waals surface area contributed by atoms with E-state index in [0.29, 0.717) is 16.7 Å². The van der Waals surface area contributed by atoms with Crippen LogP contribution in [-0.2, 0) is 0 Å². The summed E-state index contributed by atoms with van der Waals surface area (Å²) in [5.41, 5.74) is 3.35. The van der Waals surface area contributed by atoms with Crippen molar-refractivity contribution in [1.82, 2.24) is 24.6 Å². The highest BCUT2D eigenvalue weighted by atomic mass is 32.2. The fraction of sp³-hybridized carbons (Fsp3) is 0.0476. The Labute approximate surface area is 180 Å². The van der Waals surface area contributed by atoms with Crippen molar-refractivity contribution in [3.63, 3.8) is 0 Å². The summed E-state index contributed by atoms with van der Waals surface area (Å²) in [5.74, 6) is 0.519. The molecule has 10 heteroatoms. The number of aryl methyl sites for hydroxylation is 1. The van der Waals surface area contributed by atoms with Crippen LogP contribution < -0.4 is 5.32 Å². The van der Waals surface area contributed by atoms with Gasteiger partial charge in [-0.2, -0.15) is 5.10 Å². The van der Waals surface area contributed by atoms with Crippen LogP contribution in [0.25, 0.3) is 16.6 Å². The zero-order valence-electron chi connectivity index (χ0n) is 16.3. The van der Waals surface area contributed by atoms with Crippen LogP contribution in [0.2, 0.25) is 0 Å². The number of anilines is 2. The number of nitro groups is 1. The van der Waals surface area contributed by atoms with Gasteiger partial charge in [0.2, 0.25) is 0 Å². The number of nitro benzene ring substituents is 1. The molecule has 0 saturated heterocycles. The van der Waals surface area contributed by atoms with Crippen molar-refractivity contribution in [2.45, 2.75) is 16.7 Å². The molecule has 0 amide bonds. The van der Waals surface area contributed by atoms with Crippen LogP contribution in [-0.4, -0.2) is 29.5 Å². The third kappa shape index (κ3) is 3.76. The molecule has 0 fully saturated rings. The van der Waals surface area contributed by atoms with Crippen LogP contribution in [0.15, 0.2) is 77.2 Å². The topological polar surface area (TPSA) is 111 Å². The Morgan fingerprint density at radius 1 is 1.03 bits per heavy atom. The molecule has 0 aliphatic rings. The van der Waals surface area contributed by atoms with Crippen molar-refractivity contribution in [1.29, 1.82) is 0 Å². The quantitative estimate of drug-likeness (QED) is 0.314. The molecule has 0 saturated carbocycles. The lowest BCUT2D eigenvalue weighted by atomic mass is 10.2. The second-order valence-corrected chi connectivity index (χ2v) is 7.93. The molecule has 2 aromatic carbocycles. The van der Waals surface area contributed by atoms with Gasteiger partial charge in [0.1, 0.15) is 18.5 Å². The van der Waals surface area contributed by atoms with Crippen LogP contribution in [0.5, 0.6) is 0 Å². The van der Waals surface area contributed by atoms with Crippen LogP contribution in [0.3, 0.4) is 0 Å². The fourth-order valence-corrected chi connectivity index (χ4v) is 4.13. The molecule has 0 unspecified atom stereocenters. The SMILES string of the molecule is Cc1cc(Nc2ncnc3ccc([N+](=O)[O-])cc23)ccc1Sc1ccn2ncnc2c1. The molecular formula is C21H15N7O2S. The summed E-state index contributed by atoms with van der Waals surface area (Å²) in [6, 6.07) is 14.5. The van der Waals surface area contributed by atoms with Gasteiger partial charge in [-0.15, -0.1) is 0 Å². The zero-order chi connectivity index (χ0) is 21.4. The van der Waals surface area contributed by atoms with Gasteiger partial charge < -0.3 is 5.32 Å². The Balaban J connectivity index is 1.42. The lowest BCUT2D eigenvalue weighted by Crippen LogP contribution is -1.97. The van der Waals surface area contributed by atoms with Gasteiger partial charge in [0.15, 0.2) is 5.65 Å². The molecule has 5 rings (SSSR count). The van der Waals surface area contributed by atoms with Gasteiger partial charge in [-0.05, 0) is 48.9 Å². The molecule has 0 spiro atoms. The molecule has 5 aromatic rings. The van der Waals surface area contributed by atoms with Crippen molar-refractivity contribution in [3.8, 4) is 0 Å². The van der Waals surface area contributed by atoms with Crippen LogP contribution in [0, 0.1) is 17.0 Å². The van der Waals surface area contributed by atoms with E-state index in [2.05, 4.69) is 25.4 Å². The van der Waals surface area contributed by atoms with E-state index in [1.807, 2.05) is 43.5 Å². The second kappa shape index (κ2) is 7.65. The molecule has 31 heavy (non-hydrogen) atoms. The normalized spacial score (nSPS) is 11.1. The van der Waals surface area contributed by atoms with Gasteiger partial charge in [-0.3, -0.25) is 10.1 Å². The number of hydrogen-bond acceptors (Lipinski definition) is 8. The maximum atomic E-state index is 11.1. The first-order valence-corrected chi connectivity index (χ1v) is 10.1. The van der Waals surface area contributed by atoms with E-state index in [1.54, 1.807) is 22.3 Å². The summed E-state index contributed by atoms with van der Waals surface area (Å²) in [7, 11) is 0. The maximum Gasteiger partial charge on any atom is 0.270 e. The highest BCUT2D eigenvalue weighted by Gasteiger charge is 2.12. The molecule has 0 atom stereocenters. The Morgan fingerprint density at radius 3 is 2.77 bits per heavy atom. The number of nitrogens with zero attached hydrogens (tertiary/aromatic N) is 6. The molecule has 3 heterocycles. The first-order chi connectivity index (χ1) is 15.1. The van der Waals surface area contributed by atoms with Crippen molar-refractivity contribution >= 4 is 45.5 Å². The summed E-state index contributed by atoms with van der Waals surface area (Å²) in [5, 5.41) is 19.1. The van der Waals surface area contributed by atoms with Crippen LogP contribution in [0.1, 0.15) is 5.56 Å². The monoisotopic (exact) mass is 429 g/mol. The number of benzene rings is 2. The minimum atomic E-state index is -0.427. The average molecular weight is 429 g/mol. The van der Waals surface area contributed by atoms with Crippen molar-refractivity contribution < 1.29 is 4.92 Å². The Kier molecular flexibility index (Phi) is 4.68. The maximum absolute atomic E-state index is 11.1. The number of non-ortho nitro benzene ring substituents is 1. The molecule has 0 aliphatic heterocycles. The van der Waals surface area contributed by atoms with E-state index in [1.165, 1.54) is 24.8 Å². The van der Waals surface area contributed by atoms with Crippen LogP contribution in [0.4, 0.5) is 17.2 Å². The number of hydrogen-bond donors (Lipinski definition) is 1. The summed E-state index contributed by atoms with van der Waals surface area (Å²) < 4.78 is 1.72. The third-order valence-corrected chi connectivity index (χ3v) is 5.91. The summed E-state index contributed by atoms with van der Waals surface area (Å²) >= 11 is 1.65. The van der Waals surface area contributed by atoms with Gasteiger partial charge in [-0.1, -0.05) is 11.8 Å². The minimum absolute atomic E-state index is 0.00192. The Hall–Kier alpha value is -4.05. The van der Waals surface area contributed by atoms with E-state index < -0.39 is 4.92 Å². The largest absolute Gasteiger partial charge is 0.340 e. The molecule has 0 radical (unpaired) electrons. The average Bonchev–Trinajstić information content (AvgIpc) is 3.23. The van der Waals surface area contributed by atoms with Gasteiger partial charge in [-0.25, -0.2) is 19.5 Å². The number of rotatable bonds is 5. The predicted octanol–water partition coefficient (Wildman–Crippen LogP) is 4.78. The molecule has 9 nitrogen and oxygen atoms in total. The Bertz CT molecular complexity index is 1450. The zero-order valence-corrected chi connectivity index (χ0v) is 17.1. The molecule has 3 aromatic heterocycles. The van der Waals surface area contributed by atoms with Crippen molar-refractivity contribution in [3.05, 3.63) is 83.1 Å². The molecular weight excluding hydrogens is 414 g/mol. The van der Waals surface area contributed by atoms with Gasteiger partial charge >= 0.3 is 0 Å². The summed E-state index contributed by atoms with van der Waals surface area (Å²) in [6.07, 6.45) is 4.85. The number of pyridine rings is 1. The summed E-state index contributed by atoms with van der Waals surface area (Å²) in [4.78, 5) is 25.6. The van der Waals surface area contributed by atoms with Crippen molar-refractivity contribution in [2.75, 3.05) is 5.32 Å².